The van der Waals surface area contributed by atoms with Crippen LogP contribution in [0.5, 0.6) is 0 Å². The van der Waals surface area contributed by atoms with Crippen molar-refractivity contribution in [2.45, 2.75) is 38.1 Å². The first kappa shape index (κ1) is 25.5. The number of halogens is 1. The number of nitrogens with two attached hydrogens (primary N) is 1. The van der Waals surface area contributed by atoms with Crippen LogP contribution in [0.1, 0.15) is 35.7 Å². The summed E-state index contributed by atoms with van der Waals surface area (Å²) in [7, 11) is -0.876. The number of amidine groups is 1. The van der Waals surface area contributed by atoms with Gasteiger partial charge >= 0.3 is 0 Å². The second-order valence-electron chi connectivity index (χ2n) is 10.1. The molecule has 4 N–H and O–H groups in total. The number of aliphatic imine (C=N–C) groups is 1. The van der Waals surface area contributed by atoms with E-state index in [0.29, 0.717) is 35.7 Å². The number of pyridine rings is 1. The first-order chi connectivity index (χ1) is 18.9. The van der Waals surface area contributed by atoms with E-state index in [1.165, 1.54) is 12.3 Å². The van der Waals surface area contributed by atoms with Crippen molar-refractivity contribution in [3.8, 4) is 0 Å². The highest BCUT2D eigenvalue weighted by molar-refractivity contribution is 7.41. The van der Waals surface area contributed by atoms with Gasteiger partial charge < -0.3 is 30.9 Å². The molecule has 6 rings (SSSR count). The van der Waals surface area contributed by atoms with Crippen LogP contribution in [0.25, 0.3) is 5.70 Å². The fourth-order valence-corrected chi connectivity index (χ4v) is 5.43. The van der Waals surface area contributed by atoms with Crippen molar-refractivity contribution in [3.05, 3.63) is 71.8 Å². The smallest absolute Gasteiger partial charge is 0.256 e. The Bertz CT molecular complexity index is 1390. The maximum absolute atomic E-state index is 13.0. The number of ether oxygens (including phenoxy) is 1. The van der Waals surface area contributed by atoms with Gasteiger partial charge in [0.15, 0.2) is 0 Å². The van der Waals surface area contributed by atoms with Crippen molar-refractivity contribution in [2.24, 2.45) is 16.6 Å². The highest BCUT2D eigenvalue weighted by Gasteiger charge is 2.44. The van der Waals surface area contributed by atoms with E-state index >= 15 is 0 Å². The molecule has 2 aromatic rings. The second kappa shape index (κ2) is 10.4. The predicted molar refractivity (Wildman–Crippen MR) is 148 cm³/mol. The van der Waals surface area contributed by atoms with Crippen molar-refractivity contribution >= 4 is 43.4 Å². The molecular formula is C27H29FN7O3P. The summed E-state index contributed by atoms with van der Waals surface area (Å²) in [5, 5.41) is 6.73. The Morgan fingerprint density at radius 2 is 2.03 bits per heavy atom. The van der Waals surface area contributed by atoms with Crippen LogP contribution in [-0.2, 0) is 9.53 Å². The number of aromatic nitrogens is 1. The number of hydrogen-bond acceptors (Lipinski definition) is 8. The molecule has 2 fully saturated rings. The van der Waals surface area contributed by atoms with Crippen molar-refractivity contribution in [1.29, 1.82) is 0 Å². The first-order valence-corrected chi connectivity index (χ1v) is 13.8. The van der Waals surface area contributed by atoms with Crippen LogP contribution >= 0.6 is 8.89 Å². The number of hydrogen-bond donors (Lipinski definition) is 3. The number of carbonyl (C=O) groups is 2. The number of rotatable bonds is 6. The van der Waals surface area contributed by atoms with Crippen LogP contribution in [0.4, 0.5) is 10.0 Å². The van der Waals surface area contributed by atoms with E-state index in [1.807, 2.05) is 35.1 Å². The summed E-state index contributed by atoms with van der Waals surface area (Å²) in [6, 6.07) is 10.2. The third-order valence-corrected chi connectivity index (χ3v) is 7.87. The minimum absolute atomic E-state index is 0.0277. The fourth-order valence-electron chi connectivity index (χ4n) is 5.10. The van der Waals surface area contributed by atoms with E-state index in [1.54, 1.807) is 24.4 Å². The topological polar surface area (TPSA) is 125 Å². The number of anilines is 1. The Balaban J connectivity index is 1.21. The lowest BCUT2D eigenvalue weighted by molar-refractivity contribution is -0.148. The summed E-state index contributed by atoms with van der Waals surface area (Å²) in [6.07, 6.45) is 6.31. The van der Waals surface area contributed by atoms with Gasteiger partial charge in [0, 0.05) is 35.4 Å². The molecule has 10 nitrogen and oxygen atoms in total. The Morgan fingerprint density at radius 1 is 1.23 bits per heavy atom. The van der Waals surface area contributed by atoms with Gasteiger partial charge in [-0.1, -0.05) is 12.1 Å². The lowest BCUT2D eigenvalue weighted by atomic mass is 10.1. The lowest BCUT2D eigenvalue weighted by Gasteiger charge is -2.42. The number of nitrogens with zero attached hydrogens (tertiary/aromatic N) is 4. The maximum Gasteiger partial charge on any atom is 0.256 e. The minimum atomic E-state index is -0.876. The largest absolute Gasteiger partial charge is 0.382 e. The third-order valence-electron chi connectivity index (χ3n) is 7.34. The van der Waals surface area contributed by atoms with Gasteiger partial charge in [-0.2, -0.15) is 0 Å². The molecule has 1 saturated carbocycles. The first-order valence-electron chi connectivity index (χ1n) is 12.9. The van der Waals surface area contributed by atoms with E-state index in [4.69, 9.17) is 10.5 Å². The van der Waals surface area contributed by atoms with E-state index in [9.17, 15) is 13.8 Å². The monoisotopic (exact) mass is 549 g/mol. The fraction of sp³-hybridized carbons (Fsp3) is 0.333. The van der Waals surface area contributed by atoms with E-state index in [2.05, 4.69) is 20.6 Å². The van der Waals surface area contributed by atoms with Gasteiger partial charge in [-0.05, 0) is 49.6 Å². The molecule has 1 aromatic carbocycles. The van der Waals surface area contributed by atoms with Crippen LogP contribution in [0.2, 0.25) is 0 Å². The Kier molecular flexibility index (Phi) is 6.78. The zero-order chi connectivity index (χ0) is 27.1. The van der Waals surface area contributed by atoms with Crippen LogP contribution < -0.4 is 21.7 Å². The van der Waals surface area contributed by atoms with Crippen molar-refractivity contribution in [1.82, 2.24) is 20.1 Å². The highest BCUT2D eigenvalue weighted by Crippen LogP contribution is 2.36. The molecule has 2 unspecified atom stereocenters. The van der Waals surface area contributed by atoms with E-state index < -0.39 is 8.89 Å². The molecule has 0 radical (unpaired) electrons. The summed E-state index contributed by atoms with van der Waals surface area (Å²) in [6.45, 7) is 2.96. The van der Waals surface area contributed by atoms with Crippen molar-refractivity contribution < 1.29 is 18.5 Å². The van der Waals surface area contributed by atoms with Crippen molar-refractivity contribution in [3.63, 3.8) is 0 Å². The van der Waals surface area contributed by atoms with Gasteiger partial charge in [0.2, 0.25) is 5.91 Å². The molecule has 4 aliphatic rings. The molecule has 0 bridgehead atoms. The molecule has 202 valence electrons. The average Bonchev–Trinajstić information content (AvgIpc) is 3.73. The van der Waals surface area contributed by atoms with Gasteiger partial charge in [0.1, 0.15) is 29.6 Å². The summed E-state index contributed by atoms with van der Waals surface area (Å²) in [4.78, 5) is 38.0. The van der Waals surface area contributed by atoms with Gasteiger partial charge in [0.25, 0.3) is 5.91 Å². The van der Waals surface area contributed by atoms with Crippen LogP contribution in [0, 0.1) is 5.92 Å². The lowest BCUT2D eigenvalue weighted by Crippen LogP contribution is -2.59. The van der Waals surface area contributed by atoms with Gasteiger partial charge in [-0.25, -0.2) is 14.2 Å². The number of nitrogens with one attached hydrogen (secondary N) is 2. The van der Waals surface area contributed by atoms with Crippen molar-refractivity contribution in [2.75, 3.05) is 18.5 Å². The quantitative estimate of drug-likeness (QED) is 0.472. The molecule has 3 aliphatic heterocycles. The number of fused-ring (bicyclic) bond motifs is 1. The summed E-state index contributed by atoms with van der Waals surface area (Å²) >= 11 is 0. The number of morpholine rings is 1. The third kappa shape index (κ3) is 4.99. The minimum Gasteiger partial charge on any atom is -0.382 e. The molecule has 12 heteroatoms. The van der Waals surface area contributed by atoms with E-state index in [0.717, 1.165) is 29.8 Å². The second-order valence-corrected chi connectivity index (χ2v) is 10.8. The zero-order valence-electron chi connectivity index (χ0n) is 21.3. The summed E-state index contributed by atoms with van der Waals surface area (Å²) in [5.74, 6) is 0.653. The SMILES string of the molecule is C[C@H]1COC([C@@H]2NC(c3ccc(C(=O)Nc4cc(PF)ccn4)cc3)=C3C(N)=NC=CN32)CN1C(=O)C1CC1. The van der Waals surface area contributed by atoms with E-state index in [-0.39, 0.29) is 36.0 Å². The molecular weight excluding hydrogens is 520 g/mol. The van der Waals surface area contributed by atoms with Crippen LogP contribution in [0.3, 0.4) is 0 Å². The highest BCUT2D eigenvalue weighted by atomic mass is 31.1. The predicted octanol–water partition coefficient (Wildman–Crippen LogP) is 2.29. The Hall–Kier alpha value is -3.82. The van der Waals surface area contributed by atoms with Crippen LogP contribution in [0.15, 0.2) is 65.7 Å². The summed E-state index contributed by atoms with van der Waals surface area (Å²) < 4.78 is 19.2. The molecule has 39 heavy (non-hydrogen) atoms. The number of amides is 2. The molecule has 1 aromatic heterocycles. The standard InChI is InChI=1S/C27H29FN7O3P/c1-15-14-38-20(13-35(15)27(37)18-6-7-18)25-33-22(23-24(29)31-10-11-34(23)25)16-2-4-17(5-3-16)26(36)32-21-12-19(39-28)8-9-30-21/h2-5,8-12,15,18,20,25,33,39H,6-7,13-14H2,1H3,(H2,29,31)(H,30,32,36)/t15-,20?,25+/m0/s1. The van der Waals surface area contributed by atoms with Gasteiger partial charge in [-0.3, -0.25) is 9.59 Å². The molecule has 4 heterocycles. The molecule has 0 spiro atoms. The average molecular weight is 550 g/mol. The molecule has 2 amide bonds. The molecule has 4 atom stereocenters. The number of carbonyl (C=O) groups excluding carboxylic acids is 2. The Morgan fingerprint density at radius 3 is 2.77 bits per heavy atom. The molecule has 1 aliphatic carbocycles. The maximum atomic E-state index is 13.0. The molecule has 1 saturated heterocycles. The normalized spacial score (nSPS) is 24.6. The Labute approximate surface area is 227 Å². The summed E-state index contributed by atoms with van der Waals surface area (Å²) in [5.41, 5.74) is 9.05. The van der Waals surface area contributed by atoms with Crippen LogP contribution in [-0.4, -0.2) is 63.9 Å². The zero-order valence-corrected chi connectivity index (χ0v) is 22.3. The van der Waals surface area contributed by atoms with Gasteiger partial charge in [0.05, 0.1) is 33.8 Å². The number of benzene rings is 1. The van der Waals surface area contributed by atoms with Gasteiger partial charge in [-0.15, -0.1) is 0 Å².